The molecule has 0 bridgehead atoms. The first kappa shape index (κ1) is 12.8. The minimum absolute atomic E-state index is 0.0403. The minimum atomic E-state index is -2.96. The number of nitrogens with one attached hydrogen (secondary N) is 1. The van der Waals surface area contributed by atoms with E-state index in [1.165, 1.54) is 0 Å². The Morgan fingerprint density at radius 2 is 2.18 bits per heavy atom. The third kappa shape index (κ3) is 2.98. The Bertz CT molecular complexity index is 400. The zero-order chi connectivity index (χ0) is 12.5. The molecule has 1 amide bonds. The number of hydrogen-bond donors (Lipinski definition) is 1. The predicted octanol–water partition coefficient (Wildman–Crippen LogP) is 0.106. The van der Waals surface area contributed by atoms with Gasteiger partial charge in [0.2, 0.25) is 5.91 Å². The highest BCUT2D eigenvalue weighted by atomic mass is 32.2. The van der Waals surface area contributed by atoms with E-state index in [1.54, 1.807) is 7.11 Å². The standard InChI is InChI=1S/C11H19NO4S/c1-16-8-11(4-5-11)10(13)12-9-3-2-6-17(14,15)7-9/h9H,2-8H2,1H3,(H,12,13). The van der Waals surface area contributed by atoms with Gasteiger partial charge in [0.15, 0.2) is 9.84 Å². The van der Waals surface area contributed by atoms with E-state index in [0.717, 1.165) is 19.3 Å². The molecule has 0 spiro atoms. The van der Waals surface area contributed by atoms with Crippen molar-refractivity contribution < 1.29 is 17.9 Å². The normalized spacial score (nSPS) is 29.6. The number of ether oxygens (including phenoxy) is 1. The molecule has 6 heteroatoms. The summed E-state index contributed by atoms with van der Waals surface area (Å²) in [7, 11) is -1.38. The van der Waals surface area contributed by atoms with Gasteiger partial charge in [-0.25, -0.2) is 8.42 Å². The molecule has 17 heavy (non-hydrogen) atoms. The summed E-state index contributed by atoms with van der Waals surface area (Å²) in [5.41, 5.74) is -0.379. The van der Waals surface area contributed by atoms with Crippen molar-refractivity contribution in [2.45, 2.75) is 31.7 Å². The van der Waals surface area contributed by atoms with Crippen molar-refractivity contribution in [1.82, 2.24) is 5.32 Å². The summed E-state index contributed by atoms with van der Waals surface area (Å²) >= 11 is 0. The Balaban J connectivity index is 1.91. The lowest BCUT2D eigenvalue weighted by molar-refractivity contribution is -0.128. The molecule has 1 saturated heterocycles. The van der Waals surface area contributed by atoms with E-state index in [2.05, 4.69) is 5.32 Å². The summed E-state index contributed by atoms with van der Waals surface area (Å²) in [4.78, 5) is 12.0. The maximum Gasteiger partial charge on any atom is 0.228 e. The highest BCUT2D eigenvalue weighted by Crippen LogP contribution is 2.46. The second-order valence-electron chi connectivity index (χ2n) is 5.14. The molecule has 98 valence electrons. The van der Waals surface area contributed by atoms with Gasteiger partial charge in [-0.15, -0.1) is 0 Å². The van der Waals surface area contributed by atoms with E-state index in [1.807, 2.05) is 0 Å². The second-order valence-corrected chi connectivity index (χ2v) is 7.37. The van der Waals surface area contributed by atoms with Crippen LogP contribution in [0, 0.1) is 5.41 Å². The molecule has 2 aliphatic rings. The fraction of sp³-hybridized carbons (Fsp3) is 0.909. The van der Waals surface area contributed by atoms with Crippen LogP contribution in [0.15, 0.2) is 0 Å². The van der Waals surface area contributed by atoms with Gasteiger partial charge >= 0.3 is 0 Å². The van der Waals surface area contributed by atoms with Crippen LogP contribution < -0.4 is 5.32 Å². The summed E-state index contributed by atoms with van der Waals surface area (Å²) < 4.78 is 28.0. The molecule has 1 unspecified atom stereocenters. The summed E-state index contributed by atoms with van der Waals surface area (Å²) in [6, 6.07) is -0.212. The molecule has 2 fully saturated rings. The Morgan fingerprint density at radius 3 is 2.71 bits per heavy atom. The van der Waals surface area contributed by atoms with E-state index in [9.17, 15) is 13.2 Å². The lowest BCUT2D eigenvalue weighted by atomic mass is 10.1. The zero-order valence-corrected chi connectivity index (χ0v) is 10.9. The second kappa shape index (κ2) is 4.57. The van der Waals surface area contributed by atoms with Crippen molar-refractivity contribution in [1.29, 1.82) is 0 Å². The van der Waals surface area contributed by atoms with Crippen LogP contribution in [0.2, 0.25) is 0 Å². The van der Waals surface area contributed by atoms with Gasteiger partial charge in [0.1, 0.15) is 0 Å². The Kier molecular flexibility index (Phi) is 3.45. The van der Waals surface area contributed by atoms with E-state index in [0.29, 0.717) is 13.0 Å². The van der Waals surface area contributed by atoms with E-state index >= 15 is 0 Å². The number of methoxy groups -OCH3 is 1. The van der Waals surface area contributed by atoms with Gasteiger partial charge in [0.25, 0.3) is 0 Å². The highest BCUT2D eigenvalue weighted by molar-refractivity contribution is 7.91. The van der Waals surface area contributed by atoms with Crippen LogP contribution in [0.4, 0.5) is 0 Å². The number of amides is 1. The third-order valence-electron chi connectivity index (χ3n) is 3.55. The quantitative estimate of drug-likeness (QED) is 0.779. The highest BCUT2D eigenvalue weighted by Gasteiger charge is 2.50. The summed E-state index contributed by atoms with van der Waals surface area (Å²) in [5, 5.41) is 2.86. The van der Waals surface area contributed by atoms with Crippen molar-refractivity contribution in [2.75, 3.05) is 25.2 Å². The molecule has 2 rings (SSSR count). The van der Waals surface area contributed by atoms with E-state index < -0.39 is 9.84 Å². The first-order chi connectivity index (χ1) is 7.97. The first-order valence-corrected chi connectivity index (χ1v) is 7.80. The molecule has 0 aromatic heterocycles. The lowest BCUT2D eigenvalue weighted by Gasteiger charge is -2.25. The zero-order valence-electron chi connectivity index (χ0n) is 10.1. The van der Waals surface area contributed by atoms with Gasteiger partial charge in [-0.2, -0.15) is 0 Å². The number of sulfone groups is 1. The summed E-state index contributed by atoms with van der Waals surface area (Å²) in [6.45, 7) is 0.429. The van der Waals surface area contributed by atoms with Crippen molar-refractivity contribution >= 4 is 15.7 Å². The van der Waals surface area contributed by atoms with Gasteiger partial charge < -0.3 is 10.1 Å². The largest absolute Gasteiger partial charge is 0.384 e. The molecular weight excluding hydrogens is 242 g/mol. The first-order valence-electron chi connectivity index (χ1n) is 5.98. The van der Waals surface area contributed by atoms with Crippen LogP contribution in [0.5, 0.6) is 0 Å². The Hall–Kier alpha value is -0.620. The topological polar surface area (TPSA) is 72.5 Å². The molecule has 0 aromatic rings. The monoisotopic (exact) mass is 261 g/mol. The predicted molar refractivity (Wildman–Crippen MR) is 63.4 cm³/mol. The molecule has 1 aliphatic heterocycles. The number of hydrogen-bond acceptors (Lipinski definition) is 4. The number of rotatable bonds is 4. The van der Waals surface area contributed by atoms with Crippen LogP contribution in [0.3, 0.4) is 0 Å². The van der Waals surface area contributed by atoms with Crippen molar-refractivity contribution in [3.05, 3.63) is 0 Å². The summed E-state index contributed by atoms with van der Waals surface area (Å²) in [6.07, 6.45) is 3.08. The van der Waals surface area contributed by atoms with Crippen LogP contribution in [-0.4, -0.2) is 45.6 Å². The van der Waals surface area contributed by atoms with Crippen LogP contribution in [0.25, 0.3) is 0 Å². The lowest BCUT2D eigenvalue weighted by Crippen LogP contribution is -2.46. The van der Waals surface area contributed by atoms with Crippen LogP contribution in [0.1, 0.15) is 25.7 Å². The SMILES string of the molecule is COCC1(C(=O)NC2CCCS(=O)(=O)C2)CC1. The average molecular weight is 261 g/mol. The smallest absolute Gasteiger partial charge is 0.228 e. The van der Waals surface area contributed by atoms with Crippen molar-refractivity contribution in [2.24, 2.45) is 5.41 Å². The fourth-order valence-electron chi connectivity index (χ4n) is 2.34. The molecule has 0 radical (unpaired) electrons. The van der Waals surface area contributed by atoms with Gasteiger partial charge in [-0.1, -0.05) is 0 Å². The van der Waals surface area contributed by atoms with E-state index in [-0.39, 0.29) is 28.9 Å². The Labute approximate surface area is 102 Å². The fourth-order valence-corrected chi connectivity index (χ4v) is 3.98. The maximum atomic E-state index is 12.0. The summed E-state index contributed by atoms with van der Waals surface area (Å²) in [5.74, 6) is 0.297. The number of carbonyl (C=O) groups is 1. The van der Waals surface area contributed by atoms with Crippen molar-refractivity contribution in [3.63, 3.8) is 0 Å². The molecule has 1 saturated carbocycles. The van der Waals surface area contributed by atoms with Crippen LogP contribution in [-0.2, 0) is 19.4 Å². The molecular formula is C11H19NO4S. The van der Waals surface area contributed by atoms with Gasteiger partial charge in [-0.05, 0) is 25.7 Å². The number of carbonyl (C=O) groups excluding carboxylic acids is 1. The third-order valence-corrected chi connectivity index (χ3v) is 5.38. The Morgan fingerprint density at radius 1 is 1.47 bits per heavy atom. The van der Waals surface area contributed by atoms with Gasteiger partial charge in [0.05, 0.1) is 23.5 Å². The van der Waals surface area contributed by atoms with E-state index in [4.69, 9.17) is 4.74 Å². The van der Waals surface area contributed by atoms with Crippen LogP contribution >= 0.6 is 0 Å². The van der Waals surface area contributed by atoms with Crippen molar-refractivity contribution in [3.8, 4) is 0 Å². The molecule has 1 atom stereocenters. The van der Waals surface area contributed by atoms with Gasteiger partial charge in [0, 0.05) is 13.2 Å². The average Bonchev–Trinajstić information content (AvgIpc) is 2.98. The molecule has 1 N–H and O–H groups in total. The minimum Gasteiger partial charge on any atom is -0.384 e. The maximum absolute atomic E-state index is 12.0. The molecule has 0 aromatic carbocycles. The molecule has 1 aliphatic carbocycles. The molecule has 1 heterocycles. The van der Waals surface area contributed by atoms with Gasteiger partial charge in [-0.3, -0.25) is 4.79 Å². The molecule has 5 nitrogen and oxygen atoms in total.